The van der Waals surface area contributed by atoms with Crippen LogP contribution in [0.5, 0.6) is 0 Å². The summed E-state index contributed by atoms with van der Waals surface area (Å²) in [7, 11) is 0. The zero-order valence-corrected chi connectivity index (χ0v) is 13.8. The van der Waals surface area contributed by atoms with Crippen LogP contribution in [0.15, 0.2) is 0 Å². The lowest BCUT2D eigenvalue weighted by atomic mass is 9.89. The van der Waals surface area contributed by atoms with Gasteiger partial charge >= 0.3 is 0 Å². The highest BCUT2D eigenvalue weighted by Crippen LogP contribution is 2.36. The van der Waals surface area contributed by atoms with E-state index >= 15 is 0 Å². The summed E-state index contributed by atoms with van der Waals surface area (Å²) < 4.78 is 5.70. The first kappa shape index (κ1) is 15.1. The van der Waals surface area contributed by atoms with E-state index in [1.165, 1.54) is 51.4 Å². The SMILES string of the molecule is Nc1nc(C2CCCCC2)nc(N2CCOCC2CC2CC2)n1. The monoisotopic (exact) mass is 317 g/mol. The average Bonchev–Trinajstić information content (AvgIpc) is 3.40. The molecule has 1 aromatic rings. The molecule has 6 nitrogen and oxygen atoms in total. The Kier molecular flexibility index (Phi) is 4.33. The Bertz CT molecular complexity index is 542. The van der Waals surface area contributed by atoms with Crippen molar-refractivity contribution >= 4 is 11.9 Å². The van der Waals surface area contributed by atoms with Gasteiger partial charge in [0.25, 0.3) is 0 Å². The van der Waals surface area contributed by atoms with Crippen LogP contribution in [0, 0.1) is 5.92 Å². The number of nitrogens with zero attached hydrogens (tertiary/aromatic N) is 4. The van der Waals surface area contributed by atoms with Crippen LogP contribution in [-0.4, -0.2) is 40.8 Å². The predicted octanol–water partition coefficient (Wildman–Crippen LogP) is 2.51. The van der Waals surface area contributed by atoms with Crippen LogP contribution < -0.4 is 10.6 Å². The van der Waals surface area contributed by atoms with Crippen LogP contribution in [0.2, 0.25) is 0 Å². The van der Waals surface area contributed by atoms with E-state index in [1.807, 2.05) is 0 Å². The van der Waals surface area contributed by atoms with Crippen molar-refractivity contribution in [1.82, 2.24) is 15.0 Å². The van der Waals surface area contributed by atoms with Gasteiger partial charge in [0.2, 0.25) is 11.9 Å². The molecule has 23 heavy (non-hydrogen) atoms. The highest BCUT2D eigenvalue weighted by molar-refractivity contribution is 5.37. The Morgan fingerprint density at radius 2 is 1.87 bits per heavy atom. The van der Waals surface area contributed by atoms with Crippen LogP contribution in [0.3, 0.4) is 0 Å². The maximum Gasteiger partial charge on any atom is 0.230 e. The van der Waals surface area contributed by atoms with Gasteiger partial charge in [0.05, 0.1) is 19.3 Å². The third kappa shape index (κ3) is 3.57. The summed E-state index contributed by atoms with van der Waals surface area (Å²) in [5.74, 6) is 3.36. The number of hydrogen-bond donors (Lipinski definition) is 1. The molecule has 0 radical (unpaired) electrons. The van der Waals surface area contributed by atoms with Crippen LogP contribution in [0.1, 0.15) is 63.1 Å². The first-order chi connectivity index (χ1) is 11.3. The number of nitrogens with two attached hydrogens (primary N) is 1. The van der Waals surface area contributed by atoms with Gasteiger partial charge in [0.1, 0.15) is 5.82 Å². The number of rotatable bonds is 4. The molecule has 0 aromatic carbocycles. The molecular formula is C17H27N5O. The van der Waals surface area contributed by atoms with Crippen LogP contribution >= 0.6 is 0 Å². The summed E-state index contributed by atoms with van der Waals surface area (Å²) in [6.45, 7) is 2.37. The van der Waals surface area contributed by atoms with Gasteiger partial charge in [0.15, 0.2) is 0 Å². The van der Waals surface area contributed by atoms with Gasteiger partial charge in [-0.1, -0.05) is 32.1 Å². The maximum absolute atomic E-state index is 6.01. The van der Waals surface area contributed by atoms with Crippen molar-refractivity contribution in [2.45, 2.75) is 63.3 Å². The summed E-state index contributed by atoms with van der Waals surface area (Å²) in [5.41, 5.74) is 6.01. The molecule has 1 saturated heterocycles. The Morgan fingerprint density at radius 3 is 2.65 bits per heavy atom. The summed E-state index contributed by atoms with van der Waals surface area (Å²) in [6, 6.07) is 0.386. The van der Waals surface area contributed by atoms with Gasteiger partial charge in [-0.05, 0) is 25.2 Å². The number of hydrogen-bond acceptors (Lipinski definition) is 6. The lowest BCUT2D eigenvalue weighted by molar-refractivity contribution is 0.0889. The molecular weight excluding hydrogens is 290 g/mol. The molecule has 0 amide bonds. The Morgan fingerprint density at radius 1 is 1.04 bits per heavy atom. The maximum atomic E-state index is 6.01. The lowest BCUT2D eigenvalue weighted by Gasteiger charge is -2.36. The normalized spacial score (nSPS) is 26.4. The van der Waals surface area contributed by atoms with Crippen molar-refractivity contribution in [2.75, 3.05) is 30.4 Å². The summed E-state index contributed by atoms with van der Waals surface area (Å²) in [6.07, 6.45) is 10.1. The number of ether oxygens (including phenoxy) is 1. The third-order valence-electron chi connectivity index (χ3n) is 5.42. The molecule has 3 fully saturated rings. The van der Waals surface area contributed by atoms with Gasteiger partial charge < -0.3 is 15.4 Å². The lowest BCUT2D eigenvalue weighted by Crippen LogP contribution is -2.47. The van der Waals surface area contributed by atoms with Crippen molar-refractivity contribution in [3.8, 4) is 0 Å². The first-order valence-corrected chi connectivity index (χ1v) is 9.15. The predicted molar refractivity (Wildman–Crippen MR) is 89.4 cm³/mol. The molecule has 2 N–H and O–H groups in total. The van der Waals surface area contributed by atoms with E-state index in [0.29, 0.717) is 17.9 Å². The Balaban J connectivity index is 1.57. The fourth-order valence-electron chi connectivity index (χ4n) is 3.92. The number of nitrogen functional groups attached to an aromatic ring is 1. The summed E-state index contributed by atoms with van der Waals surface area (Å²) >= 11 is 0. The number of aromatic nitrogens is 3. The molecule has 0 spiro atoms. The minimum absolute atomic E-state index is 0.368. The van der Waals surface area contributed by atoms with Gasteiger partial charge in [-0.25, -0.2) is 0 Å². The average molecular weight is 317 g/mol. The highest BCUT2D eigenvalue weighted by Gasteiger charge is 2.32. The second-order valence-electron chi connectivity index (χ2n) is 7.29. The van der Waals surface area contributed by atoms with E-state index in [4.69, 9.17) is 15.5 Å². The molecule has 2 heterocycles. The van der Waals surface area contributed by atoms with Crippen molar-refractivity contribution in [3.05, 3.63) is 5.82 Å². The molecule has 1 unspecified atom stereocenters. The fraction of sp³-hybridized carbons (Fsp3) is 0.824. The molecule has 3 aliphatic rings. The van der Waals surface area contributed by atoms with Gasteiger partial charge in [-0.15, -0.1) is 0 Å². The van der Waals surface area contributed by atoms with Crippen LogP contribution in [0.25, 0.3) is 0 Å². The zero-order chi connectivity index (χ0) is 15.6. The summed E-state index contributed by atoms with van der Waals surface area (Å²) in [4.78, 5) is 16.0. The van der Waals surface area contributed by atoms with E-state index in [2.05, 4.69) is 14.9 Å². The minimum atomic E-state index is 0.368. The highest BCUT2D eigenvalue weighted by atomic mass is 16.5. The number of anilines is 2. The quantitative estimate of drug-likeness (QED) is 0.919. The summed E-state index contributed by atoms with van der Waals surface area (Å²) in [5, 5.41) is 0. The first-order valence-electron chi connectivity index (χ1n) is 9.15. The molecule has 1 atom stereocenters. The van der Waals surface area contributed by atoms with Crippen molar-refractivity contribution in [3.63, 3.8) is 0 Å². The second kappa shape index (κ2) is 6.59. The standard InChI is InChI=1S/C17H27N5O/c18-16-19-15(13-4-2-1-3-5-13)20-17(21-16)22-8-9-23-11-14(22)10-12-6-7-12/h12-14H,1-11H2,(H2,18,19,20,21). The van der Waals surface area contributed by atoms with E-state index in [-0.39, 0.29) is 0 Å². The van der Waals surface area contributed by atoms with E-state index in [0.717, 1.165) is 37.4 Å². The van der Waals surface area contributed by atoms with Gasteiger partial charge in [0, 0.05) is 12.5 Å². The third-order valence-corrected chi connectivity index (χ3v) is 5.42. The molecule has 1 aliphatic heterocycles. The van der Waals surface area contributed by atoms with Gasteiger partial charge in [-0.2, -0.15) is 15.0 Å². The molecule has 126 valence electrons. The van der Waals surface area contributed by atoms with Crippen molar-refractivity contribution in [2.24, 2.45) is 5.92 Å². The molecule has 2 saturated carbocycles. The molecule has 0 bridgehead atoms. The van der Waals surface area contributed by atoms with E-state index in [1.54, 1.807) is 0 Å². The fourth-order valence-corrected chi connectivity index (χ4v) is 3.92. The number of morpholine rings is 1. The smallest absolute Gasteiger partial charge is 0.230 e. The molecule has 4 rings (SSSR count). The van der Waals surface area contributed by atoms with Gasteiger partial charge in [-0.3, -0.25) is 0 Å². The topological polar surface area (TPSA) is 77.2 Å². The van der Waals surface area contributed by atoms with Crippen molar-refractivity contribution < 1.29 is 4.74 Å². The largest absolute Gasteiger partial charge is 0.377 e. The molecule has 2 aliphatic carbocycles. The van der Waals surface area contributed by atoms with Crippen LogP contribution in [-0.2, 0) is 4.74 Å². The van der Waals surface area contributed by atoms with E-state index < -0.39 is 0 Å². The van der Waals surface area contributed by atoms with E-state index in [9.17, 15) is 0 Å². The Labute approximate surface area is 137 Å². The molecule has 6 heteroatoms. The zero-order valence-electron chi connectivity index (χ0n) is 13.8. The second-order valence-corrected chi connectivity index (χ2v) is 7.29. The molecule has 1 aromatic heterocycles. The minimum Gasteiger partial charge on any atom is -0.377 e. The van der Waals surface area contributed by atoms with Crippen molar-refractivity contribution in [1.29, 1.82) is 0 Å². The Hall–Kier alpha value is -1.43. The van der Waals surface area contributed by atoms with Crippen LogP contribution in [0.4, 0.5) is 11.9 Å².